The fourth-order valence-corrected chi connectivity index (χ4v) is 3.01. The summed E-state index contributed by atoms with van der Waals surface area (Å²) in [6, 6.07) is 12.3. The van der Waals surface area contributed by atoms with Gasteiger partial charge in [-0.1, -0.05) is 36.4 Å². The van der Waals surface area contributed by atoms with Crippen molar-refractivity contribution >= 4 is 23.5 Å². The summed E-state index contributed by atoms with van der Waals surface area (Å²) in [4.78, 5) is 35.5. The van der Waals surface area contributed by atoms with Crippen molar-refractivity contribution in [2.24, 2.45) is 0 Å². The molecule has 0 bridgehead atoms. The minimum absolute atomic E-state index is 0.0446. The summed E-state index contributed by atoms with van der Waals surface area (Å²) in [6.45, 7) is 1.43. The monoisotopic (exact) mass is 384 g/mol. The molecule has 28 heavy (non-hydrogen) atoms. The molecule has 1 aliphatic heterocycles. The Labute approximate surface area is 161 Å². The molecule has 1 aliphatic rings. The Morgan fingerprint density at radius 3 is 2.57 bits per heavy atom. The zero-order valence-corrected chi connectivity index (χ0v) is 15.1. The van der Waals surface area contributed by atoms with Crippen LogP contribution in [0, 0.1) is 6.92 Å². The fourth-order valence-electron chi connectivity index (χ4n) is 3.01. The van der Waals surface area contributed by atoms with Crippen LogP contribution >= 0.6 is 0 Å². The van der Waals surface area contributed by atoms with E-state index in [1.807, 2.05) is 18.2 Å². The number of anilines is 1. The molecule has 0 radical (unpaired) electrons. The van der Waals surface area contributed by atoms with E-state index < -0.39 is 30.0 Å². The number of fused-ring (bicyclic) bond motifs is 1. The first kappa shape index (κ1) is 19.5. The topological polar surface area (TPSA) is 125 Å². The SMILES string of the molecule is Cc1ccc2c(c1C(O)C(O)CNC(=O)OCc1ccccc1)C(=O)C(=O)N2. The lowest BCUT2D eigenvalue weighted by Crippen LogP contribution is -2.36. The van der Waals surface area contributed by atoms with Crippen molar-refractivity contribution in [3.05, 3.63) is 64.7 Å². The molecule has 2 atom stereocenters. The minimum Gasteiger partial charge on any atom is -0.445 e. The Morgan fingerprint density at radius 1 is 1.14 bits per heavy atom. The molecular weight excluding hydrogens is 364 g/mol. The van der Waals surface area contributed by atoms with E-state index in [2.05, 4.69) is 10.6 Å². The zero-order chi connectivity index (χ0) is 20.3. The van der Waals surface area contributed by atoms with E-state index in [4.69, 9.17) is 4.74 Å². The Morgan fingerprint density at radius 2 is 1.86 bits per heavy atom. The van der Waals surface area contributed by atoms with Crippen LogP contribution in [0.2, 0.25) is 0 Å². The average Bonchev–Trinajstić information content (AvgIpc) is 2.99. The first-order valence-corrected chi connectivity index (χ1v) is 8.68. The van der Waals surface area contributed by atoms with Gasteiger partial charge in [0.25, 0.3) is 11.7 Å². The molecule has 4 N–H and O–H groups in total. The van der Waals surface area contributed by atoms with E-state index in [-0.39, 0.29) is 30.0 Å². The predicted molar refractivity (Wildman–Crippen MR) is 99.7 cm³/mol. The van der Waals surface area contributed by atoms with Crippen LogP contribution in [0.15, 0.2) is 42.5 Å². The fraction of sp³-hybridized carbons (Fsp3) is 0.250. The third-order valence-electron chi connectivity index (χ3n) is 4.47. The van der Waals surface area contributed by atoms with Gasteiger partial charge in [-0.15, -0.1) is 0 Å². The molecule has 0 aliphatic carbocycles. The van der Waals surface area contributed by atoms with Gasteiger partial charge in [0.2, 0.25) is 0 Å². The number of ether oxygens (including phenoxy) is 1. The Kier molecular flexibility index (Phi) is 5.72. The van der Waals surface area contributed by atoms with Crippen molar-refractivity contribution < 1.29 is 29.3 Å². The third kappa shape index (κ3) is 4.03. The van der Waals surface area contributed by atoms with Crippen LogP contribution in [0.5, 0.6) is 0 Å². The molecule has 0 saturated carbocycles. The first-order valence-electron chi connectivity index (χ1n) is 8.68. The van der Waals surface area contributed by atoms with Crippen molar-refractivity contribution in [2.75, 3.05) is 11.9 Å². The third-order valence-corrected chi connectivity index (χ3v) is 4.47. The summed E-state index contributed by atoms with van der Waals surface area (Å²) in [7, 11) is 0. The highest BCUT2D eigenvalue weighted by Crippen LogP contribution is 2.34. The smallest absolute Gasteiger partial charge is 0.407 e. The van der Waals surface area contributed by atoms with Crippen LogP contribution in [-0.4, -0.2) is 40.6 Å². The standard InChI is InChI=1S/C20H20N2O6/c1-11-7-8-13-16(18(25)19(26)22-13)15(11)17(24)14(23)9-21-20(27)28-10-12-5-3-2-4-6-12/h2-8,14,17,23-24H,9-10H2,1H3,(H,21,27)(H,22,25,26). The van der Waals surface area contributed by atoms with Crippen LogP contribution in [-0.2, 0) is 16.1 Å². The number of aliphatic hydroxyl groups excluding tert-OH is 2. The van der Waals surface area contributed by atoms with Crippen molar-refractivity contribution in [3.63, 3.8) is 0 Å². The minimum atomic E-state index is -1.47. The van der Waals surface area contributed by atoms with Crippen LogP contribution in [0.25, 0.3) is 0 Å². The quantitative estimate of drug-likeness (QED) is 0.559. The van der Waals surface area contributed by atoms with Gasteiger partial charge in [-0.05, 0) is 29.7 Å². The first-order chi connectivity index (χ1) is 13.4. The van der Waals surface area contributed by atoms with E-state index in [0.29, 0.717) is 5.56 Å². The van der Waals surface area contributed by atoms with Gasteiger partial charge in [0, 0.05) is 6.54 Å². The molecule has 0 aromatic heterocycles. The van der Waals surface area contributed by atoms with Gasteiger partial charge in [-0.3, -0.25) is 9.59 Å². The van der Waals surface area contributed by atoms with Crippen molar-refractivity contribution in [1.29, 1.82) is 0 Å². The predicted octanol–water partition coefficient (Wildman–Crippen LogP) is 1.45. The zero-order valence-electron chi connectivity index (χ0n) is 15.1. The van der Waals surface area contributed by atoms with Gasteiger partial charge in [-0.25, -0.2) is 4.79 Å². The molecule has 8 heteroatoms. The van der Waals surface area contributed by atoms with Crippen LogP contribution in [0.4, 0.5) is 10.5 Å². The lowest BCUT2D eigenvalue weighted by molar-refractivity contribution is -0.112. The summed E-state index contributed by atoms with van der Waals surface area (Å²) in [6.07, 6.45) is -3.63. The summed E-state index contributed by atoms with van der Waals surface area (Å²) >= 11 is 0. The highest BCUT2D eigenvalue weighted by atomic mass is 16.5. The largest absolute Gasteiger partial charge is 0.445 e. The van der Waals surface area contributed by atoms with E-state index in [9.17, 15) is 24.6 Å². The van der Waals surface area contributed by atoms with Gasteiger partial charge in [0.05, 0.1) is 11.3 Å². The number of nitrogens with one attached hydrogen (secondary N) is 2. The molecule has 0 spiro atoms. The Bertz CT molecular complexity index is 912. The second-order valence-electron chi connectivity index (χ2n) is 6.46. The number of benzene rings is 2. The molecule has 2 unspecified atom stereocenters. The maximum absolute atomic E-state index is 12.1. The van der Waals surface area contributed by atoms with E-state index in [1.165, 1.54) is 0 Å². The highest BCUT2D eigenvalue weighted by Gasteiger charge is 2.35. The molecule has 0 saturated heterocycles. The van der Waals surface area contributed by atoms with Gasteiger partial charge < -0.3 is 25.6 Å². The number of aryl methyl sites for hydroxylation is 1. The summed E-state index contributed by atoms with van der Waals surface area (Å²) in [5.41, 5.74) is 1.85. The number of hydrogen-bond acceptors (Lipinski definition) is 6. The number of carbonyl (C=O) groups excluding carboxylic acids is 3. The molecular formula is C20H20N2O6. The number of rotatable bonds is 6. The van der Waals surface area contributed by atoms with Crippen LogP contribution in [0.3, 0.4) is 0 Å². The number of ketones is 1. The number of Topliss-reactive ketones (excluding diaryl/α,β-unsaturated/α-hetero) is 1. The summed E-state index contributed by atoms with van der Waals surface area (Å²) < 4.78 is 5.04. The molecule has 2 aromatic carbocycles. The molecule has 146 valence electrons. The van der Waals surface area contributed by atoms with Crippen LogP contribution < -0.4 is 10.6 Å². The Hall–Kier alpha value is -3.23. The van der Waals surface area contributed by atoms with E-state index >= 15 is 0 Å². The normalized spacial score (nSPS) is 14.8. The number of carbonyl (C=O) groups is 3. The van der Waals surface area contributed by atoms with E-state index in [0.717, 1.165) is 5.56 Å². The van der Waals surface area contributed by atoms with E-state index in [1.54, 1.807) is 31.2 Å². The number of aliphatic hydroxyl groups is 2. The second-order valence-corrected chi connectivity index (χ2v) is 6.46. The second kappa shape index (κ2) is 8.20. The number of amides is 2. The molecule has 2 aromatic rings. The van der Waals surface area contributed by atoms with Crippen molar-refractivity contribution in [2.45, 2.75) is 25.7 Å². The molecule has 2 amide bonds. The molecule has 1 heterocycles. The number of alkyl carbamates (subject to hydrolysis) is 1. The van der Waals surface area contributed by atoms with Gasteiger partial charge in [0.1, 0.15) is 18.8 Å². The average molecular weight is 384 g/mol. The van der Waals surface area contributed by atoms with Crippen molar-refractivity contribution in [3.8, 4) is 0 Å². The molecule has 0 fully saturated rings. The maximum Gasteiger partial charge on any atom is 0.407 e. The summed E-state index contributed by atoms with van der Waals surface area (Å²) in [5, 5.41) is 25.6. The van der Waals surface area contributed by atoms with Gasteiger partial charge in [0.15, 0.2) is 0 Å². The molecule has 3 rings (SSSR count). The lowest BCUT2D eigenvalue weighted by Gasteiger charge is -2.22. The highest BCUT2D eigenvalue weighted by molar-refractivity contribution is 6.52. The van der Waals surface area contributed by atoms with Gasteiger partial charge >= 0.3 is 6.09 Å². The Balaban J connectivity index is 1.62. The van der Waals surface area contributed by atoms with Crippen molar-refractivity contribution in [1.82, 2.24) is 5.32 Å². The van der Waals surface area contributed by atoms with Crippen LogP contribution in [0.1, 0.15) is 33.2 Å². The van der Waals surface area contributed by atoms with Gasteiger partial charge in [-0.2, -0.15) is 0 Å². The lowest BCUT2D eigenvalue weighted by atomic mass is 9.92. The maximum atomic E-state index is 12.1. The summed E-state index contributed by atoms with van der Waals surface area (Å²) in [5.74, 6) is -1.55. The molecule has 8 nitrogen and oxygen atoms in total. The number of hydrogen-bond donors (Lipinski definition) is 4.